The minimum atomic E-state index is 0.0294. The van der Waals surface area contributed by atoms with Crippen LogP contribution in [0, 0.1) is 0 Å². The van der Waals surface area contributed by atoms with Crippen LogP contribution in [-0.2, 0) is 11.3 Å². The third-order valence-corrected chi connectivity index (χ3v) is 3.54. The molecule has 1 aliphatic rings. The fourth-order valence-electron chi connectivity index (χ4n) is 2.34. The summed E-state index contributed by atoms with van der Waals surface area (Å²) in [7, 11) is 3.24. The standard InChI is InChI=1S/C15H23N3O3/c1-20-13-3-4-14(21-2)12(9-13)10-17-15(19)11-18-7-5-16-6-8-18/h3-4,9,16H,5-8,10-11H2,1-2H3,(H,17,19). The lowest BCUT2D eigenvalue weighted by atomic mass is 10.2. The van der Waals surface area contributed by atoms with Gasteiger partial charge in [0.25, 0.3) is 0 Å². The molecule has 0 bridgehead atoms. The van der Waals surface area contributed by atoms with E-state index >= 15 is 0 Å². The Balaban J connectivity index is 1.87. The fraction of sp³-hybridized carbons (Fsp3) is 0.533. The van der Waals surface area contributed by atoms with Crippen LogP contribution in [0.25, 0.3) is 0 Å². The molecule has 0 aromatic heterocycles. The zero-order valence-corrected chi connectivity index (χ0v) is 12.6. The lowest BCUT2D eigenvalue weighted by Gasteiger charge is -2.26. The zero-order valence-electron chi connectivity index (χ0n) is 12.6. The van der Waals surface area contributed by atoms with Crippen molar-refractivity contribution in [3.05, 3.63) is 23.8 Å². The van der Waals surface area contributed by atoms with Gasteiger partial charge in [-0.15, -0.1) is 0 Å². The molecule has 0 atom stereocenters. The summed E-state index contributed by atoms with van der Waals surface area (Å²) in [6, 6.07) is 5.56. The van der Waals surface area contributed by atoms with Crippen LogP contribution < -0.4 is 20.1 Å². The van der Waals surface area contributed by atoms with E-state index in [1.807, 2.05) is 18.2 Å². The van der Waals surface area contributed by atoms with Crippen LogP contribution in [-0.4, -0.2) is 57.8 Å². The van der Waals surface area contributed by atoms with Crippen molar-refractivity contribution < 1.29 is 14.3 Å². The first-order valence-corrected chi connectivity index (χ1v) is 7.13. The number of hydrogen-bond acceptors (Lipinski definition) is 5. The number of carbonyl (C=O) groups is 1. The van der Waals surface area contributed by atoms with Gasteiger partial charge in [0, 0.05) is 38.3 Å². The summed E-state index contributed by atoms with van der Waals surface area (Å²) >= 11 is 0. The lowest BCUT2D eigenvalue weighted by Crippen LogP contribution is -2.47. The Labute approximate surface area is 125 Å². The SMILES string of the molecule is COc1ccc(OC)c(CNC(=O)CN2CCNCC2)c1. The monoisotopic (exact) mass is 293 g/mol. The molecule has 116 valence electrons. The fourth-order valence-corrected chi connectivity index (χ4v) is 2.34. The van der Waals surface area contributed by atoms with Gasteiger partial charge < -0.3 is 20.1 Å². The van der Waals surface area contributed by atoms with Gasteiger partial charge in [-0.3, -0.25) is 9.69 Å². The van der Waals surface area contributed by atoms with Crippen LogP contribution in [0.3, 0.4) is 0 Å². The van der Waals surface area contributed by atoms with Gasteiger partial charge in [-0.2, -0.15) is 0 Å². The predicted molar refractivity (Wildman–Crippen MR) is 80.7 cm³/mol. The second kappa shape index (κ2) is 7.85. The van der Waals surface area contributed by atoms with E-state index in [1.165, 1.54) is 0 Å². The summed E-state index contributed by atoms with van der Waals surface area (Å²) in [6.07, 6.45) is 0. The summed E-state index contributed by atoms with van der Waals surface area (Å²) in [4.78, 5) is 14.1. The Kier molecular flexibility index (Phi) is 5.83. The highest BCUT2D eigenvalue weighted by Gasteiger charge is 2.14. The highest BCUT2D eigenvalue weighted by Crippen LogP contribution is 2.23. The van der Waals surface area contributed by atoms with E-state index in [4.69, 9.17) is 9.47 Å². The van der Waals surface area contributed by atoms with Gasteiger partial charge >= 0.3 is 0 Å². The van der Waals surface area contributed by atoms with Gasteiger partial charge in [0.2, 0.25) is 5.91 Å². The molecule has 1 aromatic rings. The molecule has 0 spiro atoms. The first-order valence-electron chi connectivity index (χ1n) is 7.13. The third kappa shape index (κ3) is 4.61. The van der Waals surface area contributed by atoms with Crippen molar-refractivity contribution >= 4 is 5.91 Å². The molecular formula is C15H23N3O3. The minimum absolute atomic E-state index is 0.0294. The number of carbonyl (C=O) groups excluding carboxylic acids is 1. The Bertz CT molecular complexity index is 473. The molecule has 0 aliphatic carbocycles. The van der Waals surface area contributed by atoms with Crippen molar-refractivity contribution in [1.82, 2.24) is 15.5 Å². The molecule has 0 saturated carbocycles. The maximum absolute atomic E-state index is 12.0. The minimum Gasteiger partial charge on any atom is -0.497 e. The largest absolute Gasteiger partial charge is 0.497 e. The number of ether oxygens (including phenoxy) is 2. The molecule has 2 N–H and O–H groups in total. The average Bonchev–Trinajstić information content (AvgIpc) is 2.53. The maximum Gasteiger partial charge on any atom is 0.234 e. The highest BCUT2D eigenvalue weighted by atomic mass is 16.5. The van der Waals surface area contributed by atoms with Gasteiger partial charge in [-0.1, -0.05) is 0 Å². The molecular weight excluding hydrogens is 270 g/mol. The van der Waals surface area contributed by atoms with Crippen LogP contribution in [0.5, 0.6) is 11.5 Å². The predicted octanol–water partition coefficient (Wildman–Crippen LogP) is 0.225. The van der Waals surface area contributed by atoms with Crippen molar-refractivity contribution in [2.24, 2.45) is 0 Å². The third-order valence-electron chi connectivity index (χ3n) is 3.54. The normalized spacial score (nSPS) is 15.5. The van der Waals surface area contributed by atoms with E-state index in [0.29, 0.717) is 13.1 Å². The molecule has 1 heterocycles. The number of rotatable bonds is 6. The zero-order chi connectivity index (χ0) is 15.1. The van der Waals surface area contributed by atoms with Gasteiger partial charge in [0.15, 0.2) is 0 Å². The van der Waals surface area contributed by atoms with Crippen LogP contribution in [0.2, 0.25) is 0 Å². The number of hydrogen-bond donors (Lipinski definition) is 2. The van der Waals surface area contributed by atoms with Crippen molar-refractivity contribution in [2.45, 2.75) is 6.54 Å². The van der Waals surface area contributed by atoms with E-state index in [9.17, 15) is 4.79 Å². The van der Waals surface area contributed by atoms with Crippen molar-refractivity contribution in [3.8, 4) is 11.5 Å². The highest BCUT2D eigenvalue weighted by molar-refractivity contribution is 5.78. The van der Waals surface area contributed by atoms with Crippen LogP contribution in [0.4, 0.5) is 0 Å². The van der Waals surface area contributed by atoms with E-state index in [0.717, 1.165) is 43.2 Å². The number of nitrogens with zero attached hydrogens (tertiary/aromatic N) is 1. The number of piperazine rings is 1. The van der Waals surface area contributed by atoms with E-state index in [-0.39, 0.29) is 5.91 Å². The molecule has 6 heteroatoms. The van der Waals surface area contributed by atoms with Crippen LogP contribution >= 0.6 is 0 Å². The Hall–Kier alpha value is -1.79. The van der Waals surface area contributed by atoms with Gasteiger partial charge in [0.05, 0.1) is 20.8 Å². The molecule has 1 fully saturated rings. The van der Waals surface area contributed by atoms with E-state index in [1.54, 1.807) is 14.2 Å². The molecule has 6 nitrogen and oxygen atoms in total. The topological polar surface area (TPSA) is 62.8 Å². The van der Waals surface area contributed by atoms with E-state index in [2.05, 4.69) is 15.5 Å². The van der Waals surface area contributed by atoms with Crippen molar-refractivity contribution in [3.63, 3.8) is 0 Å². The summed E-state index contributed by atoms with van der Waals surface area (Å²) in [5.74, 6) is 1.53. The summed E-state index contributed by atoms with van der Waals surface area (Å²) in [5.41, 5.74) is 0.908. The second-order valence-corrected chi connectivity index (χ2v) is 4.98. The molecule has 1 aromatic carbocycles. The average molecular weight is 293 g/mol. The quantitative estimate of drug-likeness (QED) is 0.786. The molecule has 1 saturated heterocycles. The molecule has 0 unspecified atom stereocenters. The molecule has 1 amide bonds. The Morgan fingerprint density at radius 3 is 2.71 bits per heavy atom. The molecule has 2 rings (SSSR count). The van der Waals surface area contributed by atoms with E-state index < -0.39 is 0 Å². The lowest BCUT2D eigenvalue weighted by molar-refractivity contribution is -0.122. The summed E-state index contributed by atoms with van der Waals surface area (Å²) < 4.78 is 10.5. The van der Waals surface area contributed by atoms with Gasteiger partial charge in [-0.25, -0.2) is 0 Å². The maximum atomic E-state index is 12.0. The number of benzene rings is 1. The first-order chi connectivity index (χ1) is 10.2. The molecule has 0 radical (unpaired) electrons. The first kappa shape index (κ1) is 15.6. The summed E-state index contributed by atoms with van der Waals surface area (Å²) in [5, 5.41) is 6.21. The van der Waals surface area contributed by atoms with Crippen LogP contribution in [0.1, 0.15) is 5.56 Å². The second-order valence-electron chi connectivity index (χ2n) is 4.98. The Morgan fingerprint density at radius 1 is 1.29 bits per heavy atom. The molecule has 1 aliphatic heterocycles. The molecule has 21 heavy (non-hydrogen) atoms. The van der Waals surface area contributed by atoms with Crippen molar-refractivity contribution in [1.29, 1.82) is 0 Å². The van der Waals surface area contributed by atoms with Gasteiger partial charge in [-0.05, 0) is 18.2 Å². The summed E-state index contributed by atoms with van der Waals surface area (Å²) in [6.45, 7) is 4.58. The van der Waals surface area contributed by atoms with Crippen molar-refractivity contribution in [2.75, 3.05) is 46.9 Å². The number of nitrogens with one attached hydrogen (secondary N) is 2. The smallest absolute Gasteiger partial charge is 0.234 e. The Morgan fingerprint density at radius 2 is 2.05 bits per heavy atom. The number of amides is 1. The number of methoxy groups -OCH3 is 2. The van der Waals surface area contributed by atoms with Crippen LogP contribution in [0.15, 0.2) is 18.2 Å². The van der Waals surface area contributed by atoms with Gasteiger partial charge in [0.1, 0.15) is 11.5 Å².